The molecule has 0 N–H and O–H groups in total. The molecular formula is C22H17FN6O2. The smallest absolute Gasteiger partial charge is 0.278 e. The number of pyridine rings is 1. The second kappa shape index (κ2) is 6.56. The average molecular weight is 416 g/mol. The third-order valence-electron chi connectivity index (χ3n) is 5.83. The predicted molar refractivity (Wildman–Crippen MR) is 110 cm³/mol. The molecule has 5 aromatic rings. The molecule has 1 aromatic carbocycles. The van der Waals surface area contributed by atoms with Crippen LogP contribution in [0.2, 0.25) is 0 Å². The van der Waals surface area contributed by atoms with Crippen molar-refractivity contribution in [2.45, 2.75) is 25.8 Å². The van der Waals surface area contributed by atoms with Crippen LogP contribution in [-0.2, 0) is 6.54 Å². The molecule has 1 aliphatic rings. The summed E-state index contributed by atoms with van der Waals surface area (Å²) in [7, 11) is 0. The van der Waals surface area contributed by atoms with Gasteiger partial charge in [0.05, 0.1) is 23.3 Å². The first-order valence-electron chi connectivity index (χ1n) is 10.0. The van der Waals surface area contributed by atoms with E-state index in [9.17, 15) is 9.18 Å². The minimum Gasteiger partial charge on any atom is -0.332 e. The molecular weight excluding hydrogens is 399 g/mol. The Morgan fingerprint density at radius 3 is 2.84 bits per heavy atom. The highest BCUT2D eigenvalue weighted by atomic mass is 19.1. The van der Waals surface area contributed by atoms with Crippen LogP contribution in [0.15, 0.2) is 58.2 Å². The lowest BCUT2D eigenvalue weighted by Crippen LogP contribution is -2.24. The Bertz CT molecular complexity index is 1500. The lowest BCUT2D eigenvalue weighted by Gasteiger charge is -2.12. The number of rotatable bonds is 4. The zero-order chi connectivity index (χ0) is 21.1. The van der Waals surface area contributed by atoms with Crippen LogP contribution in [0.3, 0.4) is 0 Å². The summed E-state index contributed by atoms with van der Waals surface area (Å²) in [6.07, 6.45) is 4.21. The van der Waals surface area contributed by atoms with Gasteiger partial charge in [-0.2, -0.15) is 4.98 Å². The number of nitrogens with zero attached hydrogens (tertiary/aromatic N) is 6. The van der Waals surface area contributed by atoms with Crippen molar-refractivity contribution < 1.29 is 8.91 Å². The van der Waals surface area contributed by atoms with Crippen molar-refractivity contribution in [3.63, 3.8) is 0 Å². The molecule has 4 aromatic heterocycles. The van der Waals surface area contributed by atoms with Gasteiger partial charge in [-0.15, -0.1) is 0 Å². The number of aromatic nitrogens is 6. The molecule has 0 amide bonds. The van der Waals surface area contributed by atoms with Crippen LogP contribution in [0, 0.1) is 11.7 Å². The van der Waals surface area contributed by atoms with Gasteiger partial charge in [0.25, 0.3) is 11.4 Å². The first kappa shape index (κ1) is 17.9. The molecule has 2 atom stereocenters. The Balaban J connectivity index is 1.60. The minimum atomic E-state index is -0.429. The first-order chi connectivity index (χ1) is 15.1. The minimum absolute atomic E-state index is 0.190. The normalized spacial score (nSPS) is 18.1. The molecule has 4 heterocycles. The Morgan fingerprint density at radius 1 is 1.19 bits per heavy atom. The fraction of sp³-hybridized carbons (Fsp3) is 0.227. The number of hydrogen-bond acceptors (Lipinski definition) is 6. The van der Waals surface area contributed by atoms with E-state index in [2.05, 4.69) is 27.0 Å². The van der Waals surface area contributed by atoms with Crippen molar-refractivity contribution in [3.05, 3.63) is 76.6 Å². The maximum Gasteiger partial charge on any atom is 0.278 e. The van der Waals surface area contributed by atoms with E-state index in [4.69, 9.17) is 4.52 Å². The van der Waals surface area contributed by atoms with Crippen molar-refractivity contribution in [1.82, 2.24) is 29.1 Å². The van der Waals surface area contributed by atoms with E-state index < -0.39 is 5.82 Å². The van der Waals surface area contributed by atoms with Crippen molar-refractivity contribution in [2.24, 2.45) is 5.92 Å². The van der Waals surface area contributed by atoms with Gasteiger partial charge >= 0.3 is 0 Å². The highest BCUT2D eigenvalue weighted by Crippen LogP contribution is 2.45. The number of imidazole rings is 1. The molecule has 1 saturated carbocycles. The van der Waals surface area contributed by atoms with Gasteiger partial charge in [-0.25, -0.2) is 9.37 Å². The highest BCUT2D eigenvalue weighted by Gasteiger charge is 2.38. The zero-order valence-corrected chi connectivity index (χ0v) is 16.6. The molecule has 0 bridgehead atoms. The van der Waals surface area contributed by atoms with Gasteiger partial charge in [0.1, 0.15) is 17.7 Å². The lowest BCUT2D eigenvalue weighted by molar-refractivity contribution is 0.421. The van der Waals surface area contributed by atoms with E-state index in [0.717, 1.165) is 6.42 Å². The number of fused-ring (bicyclic) bond motifs is 3. The van der Waals surface area contributed by atoms with Gasteiger partial charge in [-0.1, -0.05) is 18.1 Å². The zero-order valence-electron chi connectivity index (χ0n) is 16.6. The van der Waals surface area contributed by atoms with Crippen LogP contribution in [-0.4, -0.2) is 29.1 Å². The van der Waals surface area contributed by atoms with Crippen molar-refractivity contribution >= 4 is 16.6 Å². The fourth-order valence-electron chi connectivity index (χ4n) is 4.02. The monoisotopic (exact) mass is 416 g/mol. The van der Waals surface area contributed by atoms with Gasteiger partial charge < -0.3 is 4.52 Å². The second-order valence-corrected chi connectivity index (χ2v) is 7.93. The average Bonchev–Trinajstić information content (AvgIpc) is 3.17. The SMILES string of the molecule is CC1CC1c1noc(-c2ncn3c2c(=O)n(Cc2ccccn2)c2cc(F)ccc23)n1. The van der Waals surface area contributed by atoms with E-state index in [0.29, 0.717) is 39.7 Å². The van der Waals surface area contributed by atoms with Gasteiger partial charge in [-0.3, -0.25) is 18.7 Å². The van der Waals surface area contributed by atoms with E-state index in [1.807, 2.05) is 12.1 Å². The molecule has 8 nitrogen and oxygen atoms in total. The van der Waals surface area contributed by atoms with Crippen LogP contribution in [0.4, 0.5) is 4.39 Å². The van der Waals surface area contributed by atoms with Crippen LogP contribution in [0.25, 0.3) is 28.1 Å². The number of benzene rings is 1. The molecule has 1 fully saturated rings. The Kier molecular flexibility index (Phi) is 3.80. The maximum absolute atomic E-state index is 14.1. The van der Waals surface area contributed by atoms with E-state index in [1.54, 1.807) is 22.7 Å². The molecule has 31 heavy (non-hydrogen) atoms. The molecule has 0 saturated heterocycles. The fourth-order valence-corrected chi connectivity index (χ4v) is 4.02. The third-order valence-corrected chi connectivity index (χ3v) is 5.83. The molecule has 0 aliphatic heterocycles. The molecule has 2 unspecified atom stereocenters. The van der Waals surface area contributed by atoms with Crippen LogP contribution in [0.1, 0.15) is 30.8 Å². The molecule has 6 rings (SSSR count). The van der Waals surface area contributed by atoms with Gasteiger partial charge in [-0.05, 0) is 42.7 Å². The van der Waals surface area contributed by atoms with Crippen LogP contribution >= 0.6 is 0 Å². The summed E-state index contributed by atoms with van der Waals surface area (Å²) >= 11 is 0. The van der Waals surface area contributed by atoms with Gasteiger partial charge in [0.15, 0.2) is 11.5 Å². The Labute approximate surface area is 175 Å². The van der Waals surface area contributed by atoms with Crippen molar-refractivity contribution in [1.29, 1.82) is 0 Å². The summed E-state index contributed by atoms with van der Waals surface area (Å²) in [5.41, 5.74) is 2.05. The lowest BCUT2D eigenvalue weighted by atomic mass is 10.2. The summed E-state index contributed by atoms with van der Waals surface area (Å²) in [6, 6.07) is 9.80. The summed E-state index contributed by atoms with van der Waals surface area (Å²) < 4.78 is 22.7. The topological polar surface area (TPSA) is 91.1 Å². The standard InChI is InChI=1S/C22H17FN6O2/c1-12-8-15(12)20-26-21(31-27-20)18-19-22(30)28(10-14-4-2-3-7-24-14)17-9-13(23)5-6-16(17)29(19)11-25-18/h2-7,9,11-12,15H,8,10H2,1H3. The molecule has 0 radical (unpaired) electrons. The second-order valence-electron chi connectivity index (χ2n) is 7.93. The first-order valence-corrected chi connectivity index (χ1v) is 10.0. The van der Waals surface area contributed by atoms with Gasteiger partial charge in [0, 0.05) is 12.1 Å². The van der Waals surface area contributed by atoms with Crippen molar-refractivity contribution in [3.8, 4) is 11.6 Å². The summed E-state index contributed by atoms with van der Waals surface area (Å²) in [5.74, 6) is 1.23. The van der Waals surface area contributed by atoms with Crippen LogP contribution in [0.5, 0.6) is 0 Å². The van der Waals surface area contributed by atoms with Crippen LogP contribution < -0.4 is 5.56 Å². The predicted octanol–water partition coefficient (Wildman–Crippen LogP) is 3.41. The van der Waals surface area contributed by atoms with E-state index >= 15 is 0 Å². The van der Waals surface area contributed by atoms with E-state index in [1.165, 1.54) is 23.0 Å². The molecule has 1 aliphatic carbocycles. The number of halogens is 1. The Morgan fingerprint density at radius 2 is 2.06 bits per heavy atom. The number of hydrogen-bond donors (Lipinski definition) is 0. The maximum atomic E-state index is 14.1. The highest BCUT2D eigenvalue weighted by molar-refractivity contribution is 5.83. The molecule has 154 valence electrons. The molecule has 9 heteroatoms. The summed E-state index contributed by atoms with van der Waals surface area (Å²) in [6.45, 7) is 2.32. The summed E-state index contributed by atoms with van der Waals surface area (Å²) in [5, 5.41) is 4.08. The third kappa shape index (κ3) is 2.84. The van der Waals surface area contributed by atoms with Crippen molar-refractivity contribution in [2.75, 3.05) is 0 Å². The molecule has 0 spiro atoms. The quantitative estimate of drug-likeness (QED) is 0.446. The largest absolute Gasteiger partial charge is 0.332 e. The Hall–Kier alpha value is -3.88. The van der Waals surface area contributed by atoms with E-state index in [-0.39, 0.29) is 23.9 Å². The summed E-state index contributed by atoms with van der Waals surface area (Å²) in [4.78, 5) is 26.8. The van der Waals surface area contributed by atoms with Gasteiger partial charge in [0.2, 0.25) is 0 Å².